The Morgan fingerprint density at radius 2 is 2.25 bits per heavy atom. The van der Waals surface area contributed by atoms with Crippen molar-refractivity contribution < 1.29 is 14.3 Å². The number of nitrogens with one attached hydrogen (secondary N) is 2. The van der Waals surface area contributed by atoms with Crippen LogP contribution in [0.2, 0.25) is 0 Å². The molecule has 1 aromatic carbocycles. The molecule has 1 amide bonds. The number of aromatic hydroxyl groups is 1. The number of carbonyl (C=O) groups is 1. The number of aromatic nitrogens is 2. The smallest absolute Gasteiger partial charge is 0.255 e. The van der Waals surface area contributed by atoms with Crippen molar-refractivity contribution in [1.29, 1.82) is 0 Å². The standard InChI is InChI=1S/C12H10FN3O3S/c13-7-2-1-3-8(4-7)14-11(19)6-20-12-15-9(17)5-10(18)16-12/h1-5H,6H2,(H,14,19)(H2,15,16,17,18). The van der Waals surface area contributed by atoms with Gasteiger partial charge in [-0.2, -0.15) is 4.98 Å². The van der Waals surface area contributed by atoms with Crippen LogP contribution in [0.4, 0.5) is 10.1 Å². The van der Waals surface area contributed by atoms with Gasteiger partial charge in [-0.05, 0) is 18.2 Å². The van der Waals surface area contributed by atoms with Crippen LogP contribution in [0.1, 0.15) is 0 Å². The molecule has 0 radical (unpaired) electrons. The Bertz CT molecular complexity index is 690. The number of H-pyrrole nitrogens is 1. The minimum absolute atomic E-state index is 0.0388. The molecule has 104 valence electrons. The monoisotopic (exact) mass is 295 g/mol. The molecule has 1 heterocycles. The van der Waals surface area contributed by atoms with E-state index in [9.17, 15) is 14.0 Å². The molecule has 1 aromatic heterocycles. The fraction of sp³-hybridized carbons (Fsp3) is 0.0833. The summed E-state index contributed by atoms with van der Waals surface area (Å²) in [6.45, 7) is 0. The van der Waals surface area contributed by atoms with Crippen LogP contribution in [0.25, 0.3) is 0 Å². The Hall–Kier alpha value is -2.35. The van der Waals surface area contributed by atoms with E-state index in [0.717, 1.165) is 17.8 Å². The number of amides is 1. The first-order chi connectivity index (χ1) is 9.52. The number of benzene rings is 1. The Labute approximate surface area is 117 Å². The van der Waals surface area contributed by atoms with Gasteiger partial charge in [-0.3, -0.25) is 9.59 Å². The molecular weight excluding hydrogens is 285 g/mol. The van der Waals surface area contributed by atoms with Crippen LogP contribution in [0.3, 0.4) is 0 Å². The van der Waals surface area contributed by atoms with Gasteiger partial charge >= 0.3 is 0 Å². The molecule has 6 nitrogen and oxygen atoms in total. The fourth-order valence-corrected chi connectivity index (χ4v) is 2.06. The molecule has 0 bridgehead atoms. The van der Waals surface area contributed by atoms with E-state index in [1.807, 2.05) is 0 Å². The van der Waals surface area contributed by atoms with Crippen LogP contribution in [0.5, 0.6) is 5.88 Å². The number of carbonyl (C=O) groups excluding carboxylic acids is 1. The van der Waals surface area contributed by atoms with Gasteiger partial charge in [0.15, 0.2) is 5.16 Å². The molecule has 0 aliphatic rings. The lowest BCUT2D eigenvalue weighted by atomic mass is 10.3. The highest BCUT2D eigenvalue weighted by Gasteiger charge is 2.07. The van der Waals surface area contributed by atoms with E-state index in [0.29, 0.717) is 5.69 Å². The molecular formula is C12H10FN3O3S. The maximum absolute atomic E-state index is 12.9. The van der Waals surface area contributed by atoms with E-state index < -0.39 is 17.3 Å². The molecule has 0 aliphatic heterocycles. The summed E-state index contributed by atoms with van der Waals surface area (Å²) < 4.78 is 12.9. The van der Waals surface area contributed by atoms with Gasteiger partial charge in [-0.1, -0.05) is 17.8 Å². The van der Waals surface area contributed by atoms with Crippen molar-refractivity contribution in [2.45, 2.75) is 5.16 Å². The molecule has 3 N–H and O–H groups in total. The average Bonchev–Trinajstić information content (AvgIpc) is 2.35. The molecule has 0 saturated carbocycles. The van der Waals surface area contributed by atoms with Crippen molar-refractivity contribution >= 4 is 23.4 Å². The lowest BCUT2D eigenvalue weighted by Gasteiger charge is -2.04. The van der Waals surface area contributed by atoms with Crippen LogP contribution in [0.15, 0.2) is 40.3 Å². The molecule has 2 rings (SSSR count). The zero-order chi connectivity index (χ0) is 14.5. The number of aromatic amines is 1. The summed E-state index contributed by atoms with van der Waals surface area (Å²) in [5.41, 5.74) is -0.168. The minimum atomic E-state index is -0.509. The minimum Gasteiger partial charge on any atom is -0.493 e. The van der Waals surface area contributed by atoms with E-state index >= 15 is 0 Å². The maximum atomic E-state index is 12.9. The van der Waals surface area contributed by atoms with Gasteiger partial charge in [0.1, 0.15) is 5.82 Å². The molecule has 20 heavy (non-hydrogen) atoms. The SMILES string of the molecule is O=C(CSc1nc(O)cc(=O)[nH]1)Nc1cccc(F)c1. The highest BCUT2D eigenvalue weighted by Crippen LogP contribution is 2.14. The number of nitrogens with zero attached hydrogens (tertiary/aromatic N) is 1. The van der Waals surface area contributed by atoms with Gasteiger partial charge in [-0.15, -0.1) is 0 Å². The first kappa shape index (κ1) is 14.1. The van der Waals surface area contributed by atoms with Gasteiger partial charge in [0, 0.05) is 5.69 Å². The van der Waals surface area contributed by atoms with Gasteiger partial charge < -0.3 is 15.4 Å². The summed E-state index contributed by atoms with van der Waals surface area (Å²) in [6.07, 6.45) is 0. The summed E-state index contributed by atoms with van der Waals surface area (Å²) in [7, 11) is 0. The highest BCUT2D eigenvalue weighted by atomic mass is 32.2. The molecule has 0 unspecified atom stereocenters. The average molecular weight is 295 g/mol. The highest BCUT2D eigenvalue weighted by molar-refractivity contribution is 7.99. The summed E-state index contributed by atoms with van der Waals surface area (Å²) >= 11 is 0.948. The third-order valence-corrected chi connectivity index (χ3v) is 3.03. The Balaban J connectivity index is 1.93. The summed E-state index contributed by atoms with van der Waals surface area (Å²) in [5, 5.41) is 11.8. The maximum Gasteiger partial charge on any atom is 0.255 e. The third kappa shape index (κ3) is 4.09. The Morgan fingerprint density at radius 3 is 2.95 bits per heavy atom. The predicted octanol–water partition coefficient (Wildman–Crippen LogP) is 1.35. The van der Waals surface area contributed by atoms with Crippen molar-refractivity contribution in [3.8, 4) is 5.88 Å². The molecule has 0 spiro atoms. The molecule has 8 heteroatoms. The van der Waals surface area contributed by atoms with Crippen LogP contribution >= 0.6 is 11.8 Å². The van der Waals surface area contributed by atoms with Crippen molar-refractivity contribution in [3.63, 3.8) is 0 Å². The Morgan fingerprint density at radius 1 is 1.45 bits per heavy atom. The van der Waals surface area contributed by atoms with Crippen LogP contribution in [0, 0.1) is 5.82 Å². The van der Waals surface area contributed by atoms with Gasteiger partial charge in [0.05, 0.1) is 11.8 Å². The number of hydrogen-bond acceptors (Lipinski definition) is 5. The van der Waals surface area contributed by atoms with Crippen molar-refractivity contribution in [2.75, 3.05) is 11.1 Å². The van der Waals surface area contributed by atoms with E-state index in [1.165, 1.54) is 18.2 Å². The second kappa shape index (κ2) is 6.20. The van der Waals surface area contributed by atoms with E-state index in [2.05, 4.69) is 15.3 Å². The van der Waals surface area contributed by atoms with Crippen molar-refractivity contribution in [3.05, 3.63) is 46.5 Å². The topological polar surface area (TPSA) is 95.1 Å². The van der Waals surface area contributed by atoms with Crippen LogP contribution in [-0.2, 0) is 4.79 Å². The molecule has 0 atom stereocenters. The zero-order valence-corrected chi connectivity index (χ0v) is 10.9. The number of rotatable bonds is 4. The first-order valence-corrected chi connectivity index (χ1v) is 6.50. The third-order valence-electron chi connectivity index (χ3n) is 2.15. The normalized spacial score (nSPS) is 10.2. The molecule has 0 fully saturated rings. The summed E-state index contributed by atoms with van der Waals surface area (Å²) in [4.78, 5) is 28.7. The largest absolute Gasteiger partial charge is 0.493 e. The summed E-state index contributed by atoms with van der Waals surface area (Å²) in [6, 6.07) is 6.42. The van der Waals surface area contributed by atoms with Gasteiger partial charge in [0.2, 0.25) is 11.8 Å². The van der Waals surface area contributed by atoms with E-state index in [-0.39, 0.29) is 16.8 Å². The number of anilines is 1. The molecule has 2 aromatic rings. The van der Waals surface area contributed by atoms with Crippen LogP contribution < -0.4 is 10.9 Å². The Kier molecular flexibility index (Phi) is 4.36. The number of thioether (sulfide) groups is 1. The quantitative estimate of drug-likeness (QED) is 0.584. The second-order valence-electron chi connectivity index (χ2n) is 3.76. The molecule has 0 saturated heterocycles. The fourth-order valence-electron chi connectivity index (χ4n) is 1.39. The number of hydrogen-bond donors (Lipinski definition) is 3. The number of halogens is 1. The lowest BCUT2D eigenvalue weighted by molar-refractivity contribution is -0.113. The van der Waals surface area contributed by atoms with Crippen molar-refractivity contribution in [2.24, 2.45) is 0 Å². The van der Waals surface area contributed by atoms with Crippen molar-refractivity contribution in [1.82, 2.24) is 9.97 Å². The zero-order valence-electron chi connectivity index (χ0n) is 10.1. The van der Waals surface area contributed by atoms with Gasteiger partial charge in [-0.25, -0.2) is 4.39 Å². The predicted molar refractivity (Wildman–Crippen MR) is 72.3 cm³/mol. The van der Waals surface area contributed by atoms with E-state index in [1.54, 1.807) is 6.07 Å². The first-order valence-electron chi connectivity index (χ1n) is 5.51. The van der Waals surface area contributed by atoms with Gasteiger partial charge in [0.25, 0.3) is 5.56 Å². The summed E-state index contributed by atoms with van der Waals surface area (Å²) in [5.74, 6) is -1.29. The second-order valence-corrected chi connectivity index (χ2v) is 4.72. The van der Waals surface area contributed by atoms with Crippen LogP contribution in [-0.4, -0.2) is 26.7 Å². The lowest BCUT2D eigenvalue weighted by Crippen LogP contribution is -2.15. The molecule has 0 aliphatic carbocycles. The van der Waals surface area contributed by atoms with E-state index in [4.69, 9.17) is 5.11 Å².